The van der Waals surface area contributed by atoms with Crippen molar-refractivity contribution in [1.29, 1.82) is 0 Å². The lowest BCUT2D eigenvalue weighted by Crippen LogP contribution is -2.33. The molecular formula is C11H19N. The number of likely N-dealkylation sites (tertiary alicyclic amines) is 1. The van der Waals surface area contributed by atoms with E-state index in [0.29, 0.717) is 0 Å². The molecule has 0 amide bonds. The van der Waals surface area contributed by atoms with Gasteiger partial charge in [-0.3, -0.25) is 4.90 Å². The van der Waals surface area contributed by atoms with Crippen LogP contribution in [0.5, 0.6) is 0 Å². The van der Waals surface area contributed by atoms with Crippen molar-refractivity contribution in [2.45, 2.75) is 51.1 Å². The molecule has 0 aromatic carbocycles. The summed E-state index contributed by atoms with van der Waals surface area (Å²) in [6, 6.07) is 2.03. The summed E-state index contributed by atoms with van der Waals surface area (Å²) in [5, 5.41) is 0. The number of hydrogen-bond acceptors (Lipinski definition) is 1. The zero-order chi connectivity index (χ0) is 8.13. The fourth-order valence-electron chi connectivity index (χ4n) is 3.36. The van der Waals surface area contributed by atoms with Crippen molar-refractivity contribution in [1.82, 2.24) is 4.90 Å². The van der Waals surface area contributed by atoms with E-state index >= 15 is 0 Å². The minimum atomic E-state index is 0.984. The van der Waals surface area contributed by atoms with Crippen LogP contribution in [0.3, 0.4) is 0 Å². The van der Waals surface area contributed by atoms with Crippen LogP contribution in [0.2, 0.25) is 0 Å². The van der Waals surface area contributed by atoms with Gasteiger partial charge in [0.15, 0.2) is 0 Å². The van der Waals surface area contributed by atoms with Crippen molar-refractivity contribution in [2.75, 3.05) is 6.54 Å². The third-order valence-electron chi connectivity index (χ3n) is 4.21. The first-order valence-electron chi connectivity index (χ1n) is 5.60. The van der Waals surface area contributed by atoms with Gasteiger partial charge in [-0.05, 0) is 50.5 Å². The molecule has 0 bridgehead atoms. The molecule has 0 aromatic rings. The van der Waals surface area contributed by atoms with E-state index in [9.17, 15) is 0 Å². The van der Waals surface area contributed by atoms with Gasteiger partial charge in [0.1, 0.15) is 0 Å². The maximum absolute atomic E-state index is 2.83. The van der Waals surface area contributed by atoms with Crippen LogP contribution in [0.4, 0.5) is 0 Å². The van der Waals surface area contributed by atoms with Crippen molar-refractivity contribution in [2.24, 2.45) is 11.8 Å². The van der Waals surface area contributed by atoms with Gasteiger partial charge >= 0.3 is 0 Å². The molecule has 0 aromatic heterocycles. The normalized spacial score (nSPS) is 52.8. The Morgan fingerprint density at radius 2 is 2.00 bits per heavy atom. The standard InChI is InChI=1S/C11H19N/c1-8-2-3-10(6-8)12-5-4-9-7-11(9)12/h8-11H,2-7H2,1H3. The molecule has 1 aliphatic heterocycles. The molecule has 4 unspecified atom stereocenters. The number of fused-ring (bicyclic) bond motifs is 1. The van der Waals surface area contributed by atoms with Crippen LogP contribution < -0.4 is 0 Å². The van der Waals surface area contributed by atoms with E-state index in [0.717, 1.165) is 23.9 Å². The first-order valence-corrected chi connectivity index (χ1v) is 5.60. The molecule has 4 atom stereocenters. The Morgan fingerprint density at radius 3 is 2.50 bits per heavy atom. The van der Waals surface area contributed by atoms with E-state index < -0.39 is 0 Å². The molecule has 3 fully saturated rings. The van der Waals surface area contributed by atoms with Crippen LogP contribution in [-0.4, -0.2) is 23.5 Å². The summed E-state index contributed by atoms with van der Waals surface area (Å²) >= 11 is 0. The van der Waals surface area contributed by atoms with Crippen molar-refractivity contribution < 1.29 is 0 Å². The topological polar surface area (TPSA) is 3.24 Å². The first-order chi connectivity index (χ1) is 5.84. The first kappa shape index (κ1) is 7.37. The molecule has 0 radical (unpaired) electrons. The second-order valence-electron chi connectivity index (χ2n) is 5.16. The zero-order valence-electron chi connectivity index (χ0n) is 8.00. The average molecular weight is 165 g/mol. The fraction of sp³-hybridized carbons (Fsp3) is 1.00. The summed E-state index contributed by atoms with van der Waals surface area (Å²) in [5.74, 6) is 2.13. The van der Waals surface area contributed by atoms with E-state index in [2.05, 4.69) is 11.8 Å². The lowest BCUT2D eigenvalue weighted by Gasteiger charge is -2.25. The number of piperidine rings is 1. The van der Waals surface area contributed by atoms with E-state index in [4.69, 9.17) is 0 Å². The molecule has 2 aliphatic carbocycles. The van der Waals surface area contributed by atoms with Gasteiger partial charge in [0.2, 0.25) is 0 Å². The summed E-state index contributed by atoms with van der Waals surface area (Å²) in [6.07, 6.45) is 7.51. The monoisotopic (exact) mass is 165 g/mol. The molecule has 0 N–H and O–H groups in total. The number of nitrogens with zero attached hydrogens (tertiary/aromatic N) is 1. The molecule has 12 heavy (non-hydrogen) atoms. The predicted molar refractivity (Wildman–Crippen MR) is 50.0 cm³/mol. The zero-order valence-corrected chi connectivity index (χ0v) is 8.00. The minimum absolute atomic E-state index is 0.984. The van der Waals surface area contributed by atoms with Gasteiger partial charge in [-0.1, -0.05) is 6.92 Å². The maximum atomic E-state index is 2.83. The summed E-state index contributed by atoms with van der Waals surface area (Å²) in [7, 11) is 0. The Bertz CT molecular complexity index is 189. The Morgan fingerprint density at radius 1 is 1.08 bits per heavy atom. The number of hydrogen-bond donors (Lipinski definition) is 0. The van der Waals surface area contributed by atoms with Gasteiger partial charge in [0.25, 0.3) is 0 Å². The van der Waals surface area contributed by atoms with Crippen molar-refractivity contribution in [3.63, 3.8) is 0 Å². The third kappa shape index (κ3) is 1.02. The Balaban J connectivity index is 1.65. The average Bonchev–Trinajstić information content (AvgIpc) is 2.53. The second kappa shape index (κ2) is 2.47. The predicted octanol–water partition coefficient (Wildman–Crippen LogP) is 2.27. The lowest BCUT2D eigenvalue weighted by molar-refractivity contribution is 0.212. The van der Waals surface area contributed by atoms with Crippen LogP contribution in [-0.2, 0) is 0 Å². The fourth-order valence-corrected chi connectivity index (χ4v) is 3.36. The second-order valence-corrected chi connectivity index (χ2v) is 5.16. The van der Waals surface area contributed by atoms with Crippen molar-refractivity contribution in [3.05, 3.63) is 0 Å². The van der Waals surface area contributed by atoms with Gasteiger partial charge in [0.05, 0.1) is 0 Å². The maximum Gasteiger partial charge on any atom is 0.0131 e. The SMILES string of the molecule is CC1CCC(N2CCC3CC32)C1. The van der Waals surface area contributed by atoms with E-state index in [1.54, 1.807) is 0 Å². The summed E-state index contributed by atoms with van der Waals surface area (Å²) < 4.78 is 0. The highest BCUT2D eigenvalue weighted by Crippen LogP contribution is 2.47. The summed E-state index contributed by atoms with van der Waals surface area (Å²) in [4.78, 5) is 2.83. The highest BCUT2D eigenvalue weighted by molar-refractivity contribution is 5.03. The Labute approximate surface area is 75.1 Å². The van der Waals surface area contributed by atoms with E-state index in [1.807, 2.05) is 0 Å². The van der Waals surface area contributed by atoms with E-state index in [-0.39, 0.29) is 0 Å². The third-order valence-corrected chi connectivity index (χ3v) is 4.21. The van der Waals surface area contributed by atoms with Crippen LogP contribution in [0.1, 0.15) is 39.0 Å². The molecule has 3 rings (SSSR count). The van der Waals surface area contributed by atoms with Crippen molar-refractivity contribution in [3.8, 4) is 0 Å². The summed E-state index contributed by atoms with van der Waals surface area (Å²) in [6.45, 7) is 3.84. The molecule has 2 saturated carbocycles. The van der Waals surface area contributed by atoms with Gasteiger partial charge in [0, 0.05) is 12.1 Å². The van der Waals surface area contributed by atoms with Gasteiger partial charge in [-0.25, -0.2) is 0 Å². The summed E-state index contributed by atoms with van der Waals surface area (Å²) in [5.41, 5.74) is 0. The quantitative estimate of drug-likeness (QED) is 0.576. The number of rotatable bonds is 1. The molecule has 1 saturated heterocycles. The lowest BCUT2D eigenvalue weighted by atomic mass is 10.1. The Kier molecular flexibility index (Phi) is 1.52. The van der Waals surface area contributed by atoms with Gasteiger partial charge < -0.3 is 0 Å². The van der Waals surface area contributed by atoms with E-state index in [1.165, 1.54) is 38.6 Å². The van der Waals surface area contributed by atoms with Gasteiger partial charge in [-0.2, -0.15) is 0 Å². The Hall–Kier alpha value is -0.0400. The van der Waals surface area contributed by atoms with Crippen molar-refractivity contribution >= 4 is 0 Å². The molecular weight excluding hydrogens is 146 g/mol. The highest BCUT2D eigenvalue weighted by atomic mass is 15.2. The van der Waals surface area contributed by atoms with Crippen LogP contribution in [0, 0.1) is 11.8 Å². The molecule has 1 nitrogen and oxygen atoms in total. The minimum Gasteiger partial charge on any atom is -0.297 e. The molecule has 1 heteroatoms. The smallest absolute Gasteiger partial charge is 0.0131 e. The van der Waals surface area contributed by atoms with Gasteiger partial charge in [-0.15, -0.1) is 0 Å². The van der Waals surface area contributed by atoms with Crippen LogP contribution in [0.15, 0.2) is 0 Å². The molecule has 0 spiro atoms. The molecule has 68 valence electrons. The van der Waals surface area contributed by atoms with Crippen LogP contribution in [0.25, 0.3) is 0 Å². The molecule has 1 heterocycles. The molecule has 3 aliphatic rings. The highest BCUT2D eigenvalue weighted by Gasteiger charge is 2.49. The largest absolute Gasteiger partial charge is 0.297 e. The van der Waals surface area contributed by atoms with Crippen LogP contribution >= 0.6 is 0 Å².